The van der Waals surface area contributed by atoms with E-state index in [0.29, 0.717) is 41.0 Å². The van der Waals surface area contributed by atoms with Gasteiger partial charge in [-0.2, -0.15) is 0 Å². The van der Waals surface area contributed by atoms with Gasteiger partial charge in [0.05, 0.1) is 32.0 Å². The van der Waals surface area contributed by atoms with Gasteiger partial charge in [-0.3, -0.25) is 5.41 Å². The van der Waals surface area contributed by atoms with Gasteiger partial charge >= 0.3 is 0 Å². The predicted octanol–water partition coefficient (Wildman–Crippen LogP) is 4.63. The average Bonchev–Trinajstić information content (AvgIpc) is 3.36. The monoisotopic (exact) mass is 421 g/mol. The van der Waals surface area contributed by atoms with Gasteiger partial charge in [-0.25, -0.2) is 4.98 Å². The summed E-state index contributed by atoms with van der Waals surface area (Å²) >= 11 is 1.45. The summed E-state index contributed by atoms with van der Waals surface area (Å²) < 4.78 is 10.6. The summed E-state index contributed by atoms with van der Waals surface area (Å²) in [5.74, 6) is 1.88. The van der Waals surface area contributed by atoms with Gasteiger partial charge in [0.1, 0.15) is 16.6 Å². The van der Waals surface area contributed by atoms with Crippen LogP contribution in [-0.4, -0.2) is 48.1 Å². The van der Waals surface area contributed by atoms with E-state index in [1.807, 2.05) is 58.8 Å². The van der Waals surface area contributed by atoms with Crippen LogP contribution in [0, 0.1) is 5.41 Å². The first-order chi connectivity index (χ1) is 14.6. The quantitative estimate of drug-likeness (QED) is 0.581. The van der Waals surface area contributed by atoms with Crippen molar-refractivity contribution in [1.82, 2.24) is 9.88 Å². The van der Waals surface area contributed by atoms with E-state index < -0.39 is 0 Å². The number of benzene rings is 2. The molecule has 1 aliphatic rings. The van der Waals surface area contributed by atoms with Crippen LogP contribution < -0.4 is 9.47 Å². The van der Waals surface area contributed by atoms with Gasteiger partial charge in [-0.15, -0.1) is 11.3 Å². The Balaban J connectivity index is 1.46. The lowest BCUT2D eigenvalue weighted by Gasteiger charge is -2.18. The summed E-state index contributed by atoms with van der Waals surface area (Å²) in [5, 5.41) is 21.8. The van der Waals surface area contributed by atoms with Gasteiger partial charge in [0.2, 0.25) is 0 Å². The molecule has 2 heterocycles. The zero-order valence-electron chi connectivity index (χ0n) is 16.9. The molecule has 0 aliphatic carbocycles. The van der Waals surface area contributed by atoms with Crippen molar-refractivity contribution in [2.45, 2.75) is 6.42 Å². The van der Waals surface area contributed by atoms with Crippen LogP contribution in [0.2, 0.25) is 0 Å². The van der Waals surface area contributed by atoms with Gasteiger partial charge in [-0.05, 0) is 24.1 Å². The third-order valence-electron chi connectivity index (χ3n) is 5.09. The molecule has 3 aromatic rings. The second-order valence-electron chi connectivity index (χ2n) is 6.94. The number of rotatable bonds is 7. The number of thiazole rings is 1. The number of aliphatic hydroxyl groups is 1. The Morgan fingerprint density at radius 1 is 1.10 bits per heavy atom. The van der Waals surface area contributed by atoms with Crippen molar-refractivity contribution in [3.8, 4) is 22.8 Å². The summed E-state index contributed by atoms with van der Waals surface area (Å²) in [6.07, 6.45) is 0.719. The van der Waals surface area contributed by atoms with Crippen molar-refractivity contribution in [3.63, 3.8) is 0 Å². The topological polar surface area (TPSA) is 78.7 Å². The number of ether oxygens (including phenoxy) is 2. The van der Waals surface area contributed by atoms with Crippen molar-refractivity contribution >= 4 is 22.7 Å². The van der Waals surface area contributed by atoms with Crippen LogP contribution in [0.4, 0.5) is 0 Å². The SMILES string of the molecule is COc1ccc(CCN2CC(O)=C(c3nc(-c4ccccc4)cs3)C2=N)cc1OC. The first kappa shape index (κ1) is 20.0. The molecule has 1 aromatic heterocycles. The first-order valence-corrected chi connectivity index (χ1v) is 10.5. The van der Waals surface area contributed by atoms with E-state index in [9.17, 15) is 5.11 Å². The molecule has 7 heteroatoms. The van der Waals surface area contributed by atoms with Crippen LogP contribution in [0.1, 0.15) is 10.6 Å². The Hall–Kier alpha value is -3.32. The van der Waals surface area contributed by atoms with Crippen molar-refractivity contribution in [3.05, 3.63) is 70.2 Å². The fraction of sp³-hybridized carbons (Fsp3) is 0.217. The molecule has 6 nitrogen and oxygen atoms in total. The van der Waals surface area contributed by atoms with E-state index >= 15 is 0 Å². The summed E-state index contributed by atoms with van der Waals surface area (Å²) in [4.78, 5) is 6.53. The Kier molecular flexibility index (Phi) is 5.72. The number of methoxy groups -OCH3 is 2. The molecule has 4 rings (SSSR count). The molecule has 2 N–H and O–H groups in total. The summed E-state index contributed by atoms with van der Waals surface area (Å²) in [6, 6.07) is 15.7. The maximum absolute atomic E-state index is 10.5. The van der Waals surface area contributed by atoms with Crippen molar-refractivity contribution < 1.29 is 14.6 Å². The van der Waals surface area contributed by atoms with Gasteiger partial charge in [-0.1, -0.05) is 36.4 Å². The second-order valence-corrected chi connectivity index (χ2v) is 7.79. The van der Waals surface area contributed by atoms with E-state index in [2.05, 4.69) is 4.98 Å². The molecule has 0 unspecified atom stereocenters. The molecule has 0 bridgehead atoms. The lowest BCUT2D eigenvalue weighted by atomic mass is 10.1. The molecule has 0 fully saturated rings. The lowest BCUT2D eigenvalue weighted by molar-refractivity contribution is 0.349. The molecule has 30 heavy (non-hydrogen) atoms. The van der Waals surface area contributed by atoms with E-state index in [4.69, 9.17) is 14.9 Å². The van der Waals surface area contributed by atoms with Crippen molar-refractivity contribution in [2.24, 2.45) is 0 Å². The Labute approximate surface area is 179 Å². The standard InChI is InChI=1S/C23H23N3O3S/c1-28-19-9-8-15(12-20(19)29-2)10-11-26-13-18(27)21(22(26)24)23-25-17(14-30-23)16-6-4-3-5-7-16/h3-9,12,14,24,27H,10-11,13H2,1-2H3. The van der Waals surface area contributed by atoms with Gasteiger partial charge < -0.3 is 19.5 Å². The molecule has 1 aliphatic heterocycles. The molecule has 0 saturated heterocycles. The highest BCUT2D eigenvalue weighted by Crippen LogP contribution is 2.33. The van der Waals surface area contributed by atoms with Crippen LogP contribution in [0.15, 0.2) is 59.7 Å². The minimum atomic E-state index is 0.196. The smallest absolute Gasteiger partial charge is 0.160 e. The van der Waals surface area contributed by atoms with E-state index in [-0.39, 0.29) is 5.76 Å². The van der Waals surface area contributed by atoms with Crippen LogP contribution in [0.3, 0.4) is 0 Å². The van der Waals surface area contributed by atoms with Crippen molar-refractivity contribution in [1.29, 1.82) is 5.41 Å². The minimum Gasteiger partial charge on any atom is -0.510 e. The van der Waals surface area contributed by atoms with Gasteiger partial charge in [0, 0.05) is 17.5 Å². The van der Waals surface area contributed by atoms with Gasteiger partial charge in [0.25, 0.3) is 0 Å². The number of hydrogen-bond acceptors (Lipinski definition) is 6. The zero-order valence-corrected chi connectivity index (χ0v) is 17.7. The minimum absolute atomic E-state index is 0.196. The van der Waals surface area contributed by atoms with Crippen LogP contribution in [-0.2, 0) is 6.42 Å². The second kappa shape index (κ2) is 8.59. The molecule has 0 atom stereocenters. The Bertz CT molecular complexity index is 1090. The largest absolute Gasteiger partial charge is 0.510 e. The summed E-state index contributed by atoms with van der Waals surface area (Å²) in [6.45, 7) is 0.931. The molecule has 154 valence electrons. The number of hydrogen-bond donors (Lipinski definition) is 2. The van der Waals surface area contributed by atoms with Crippen LogP contribution >= 0.6 is 11.3 Å². The first-order valence-electron chi connectivity index (χ1n) is 9.59. The van der Waals surface area contributed by atoms with E-state index in [0.717, 1.165) is 23.2 Å². The predicted molar refractivity (Wildman–Crippen MR) is 120 cm³/mol. The number of nitrogens with zero attached hydrogens (tertiary/aromatic N) is 2. The maximum Gasteiger partial charge on any atom is 0.160 e. The Morgan fingerprint density at radius 3 is 2.60 bits per heavy atom. The third-order valence-corrected chi connectivity index (χ3v) is 5.95. The van der Waals surface area contributed by atoms with Crippen LogP contribution in [0.25, 0.3) is 16.8 Å². The maximum atomic E-state index is 10.5. The van der Waals surface area contributed by atoms with E-state index in [1.54, 1.807) is 14.2 Å². The molecular weight excluding hydrogens is 398 g/mol. The molecular formula is C23H23N3O3S. The molecule has 0 spiro atoms. The number of nitrogens with one attached hydrogen (secondary N) is 1. The highest BCUT2D eigenvalue weighted by atomic mass is 32.1. The number of amidine groups is 1. The third kappa shape index (κ3) is 3.89. The fourth-order valence-electron chi connectivity index (χ4n) is 3.48. The molecule has 0 saturated carbocycles. The van der Waals surface area contributed by atoms with E-state index in [1.165, 1.54) is 11.3 Å². The lowest BCUT2D eigenvalue weighted by Crippen LogP contribution is -2.28. The number of aromatic nitrogens is 1. The summed E-state index contributed by atoms with van der Waals surface area (Å²) in [7, 11) is 3.23. The van der Waals surface area contributed by atoms with Crippen molar-refractivity contribution in [2.75, 3.05) is 27.3 Å². The normalized spacial score (nSPS) is 13.8. The highest BCUT2D eigenvalue weighted by molar-refractivity contribution is 7.11. The number of aliphatic hydroxyl groups excluding tert-OH is 1. The zero-order chi connectivity index (χ0) is 21.1. The average molecular weight is 422 g/mol. The summed E-state index contributed by atoms with van der Waals surface area (Å²) in [5.41, 5.74) is 3.48. The fourth-order valence-corrected chi connectivity index (χ4v) is 4.37. The molecule has 0 amide bonds. The van der Waals surface area contributed by atoms with Crippen LogP contribution in [0.5, 0.6) is 11.5 Å². The molecule has 0 radical (unpaired) electrons. The molecule has 2 aromatic carbocycles. The highest BCUT2D eigenvalue weighted by Gasteiger charge is 2.30. The van der Waals surface area contributed by atoms with Gasteiger partial charge in [0.15, 0.2) is 11.5 Å². The Morgan fingerprint density at radius 2 is 1.87 bits per heavy atom.